The molecule has 0 aliphatic heterocycles. The van der Waals surface area contributed by atoms with Crippen molar-refractivity contribution in [2.75, 3.05) is 0 Å². The van der Waals surface area contributed by atoms with Gasteiger partial charge in [0.25, 0.3) is 10.0 Å². The number of nitrogens with zero attached hydrogens (tertiary/aromatic N) is 2. The van der Waals surface area contributed by atoms with Crippen molar-refractivity contribution < 1.29 is 13.2 Å². The van der Waals surface area contributed by atoms with Crippen LogP contribution < -0.4 is 9.46 Å². The lowest BCUT2D eigenvalue weighted by atomic mass is 10.2. The minimum atomic E-state index is -3.72. The molecule has 0 aliphatic carbocycles. The molecule has 0 bridgehead atoms. The number of aryl methyl sites for hydroxylation is 1. The van der Waals surface area contributed by atoms with Gasteiger partial charge in [-0.2, -0.15) is 10.3 Å². The summed E-state index contributed by atoms with van der Waals surface area (Å²) in [5, 5.41) is 9.21. The van der Waals surface area contributed by atoms with E-state index in [1.165, 1.54) is 0 Å². The summed E-state index contributed by atoms with van der Waals surface area (Å²) in [5.41, 5.74) is 1.85. The topological polar surface area (TPSA) is 97.0 Å². The van der Waals surface area contributed by atoms with E-state index in [0.717, 1.165) is 11.8 Å². The number of benzene rings is 2. The zero-order valence-electron chi connectivity index (χ0n) is 12.9. The third-order valence-electron chi connectivity index (χ3n) is 3.34. The molecule has 2 N–H and O–H groups in total. The normalized spacial score (nSPS) is 11.4. The van der Waals surface area contributed by atoms with E-state index in [0.29, 0.717) is 17.1 Å². The standard InChI is InChI=1S/C16H16N4O3S/c1-12-6-8-14(9-7-12)23-15-5-3-2-4-13(15)10-18-24(21,22)16-11-17-20-19-16/h2-9,11,18H,10H2,1H3,(H,17,19,20). The van der Waals surface area contributed by atoms with Crippen molar-refractivity contribution in [3.63, 3.8) is 0 Å². The summed E-state index contributed by atoms with van der Waals surface area (Å²) in [7, 11) is -3.72. The van der Waals surface area contributed by atoms with Crippen LogP contribution in [0.25, 0.3) is 0 Å². The largest absolute Gasteiger partial charge is 0.457 e. The number of ether oxygens (including phenoxy) is 1. The Balaban J connectivity index is 1.76. The molecule has 0 aliphatic rings. The van der Waals surface area contributed by atoms with E-state index in [4.69, 9.17) is 4.74 Å². The van der Waals surface area contributed by atoms with Gasteiger partial charge in [-0.25, -0.2) is 13.1 Å². The van der Waals surface area contributed by atoms with Crippen LogP contribution in [-0.2, 0) is 16.6 Å². The summed E-state index contributed by atoms with van der Waals surface area (Å²) in [5.74, 6) is 1.27. The maximum Gasteiger partial charge on any atom is 0.261 e. The van der Waals surface area contributed by atoms with Crippen LogP contribution in [0.15, 0.2) is 59.8 Å². The van der Waals surface area contributed by atoms with Gasteiger partial charge in [0, 0.05) is 12.1 Å². The Labute approximate surface area is 139 Å². The smallest absolute Gasteiger partial charge is 0.261 e. The fourth-order valence-corrected chi connectivity index (χ4v) is 2.90. The summed E-state index contributed by atoms with van der Waals surface area (Å²) in [6.07, 6.45) is 1.15. The molecule has 8 heteroatoms. The number of nitrogens with one attached hydrogen (secondary N) is 2. The van der Waals surface area contributed by atoms with Gasteiger partial charge in [0.2, 0.25) is 5.03 Å². The van der Waals surface area contributed by atoms with Crippen LogP contribution in [0.4, 0.5) is 0 Å². The van der Waals surface area contributed by atoms with E-state index in [2.05, 4.69) is 20.1 Å². The molecule has 2 aromatic carbocycles. The number of rotatable bonds is 6. The van der Waals surface area contributed by atoms with Gasteiger partial charge in [-0.05, 0) is 25.1 Å². The molecule has 0 atom stereocenters. The van der Waals surface area contributed by atoms with Crippen molar-refractivity contribution in [2.24, 2.45) is 0 Å². The van der Waals surface area contributed by atoms with Crippen molar-refractivity contribution in [3.8, 4) is 11.5 Å². The van der Waals surface area contributed by atoms with E-state index in [9.17, 15) is 8.42 Å². The average molecular weight is 344 g/mol. The summed E-state index contributed by atoms with van der Waals surface area (Å²) >= 11 is 0. The molecule has 0 saturated carbocycles. The molecule has 124 valence electrons. The molecule has 0 spiro atoms. The summed E-state index contributed by atoms with van der Waals surface area (Å²) in [6.45, 7) is 2.08. The molecule has 0 fully saturated rings. The molecule has 0 amide bonds. The monoisotopic (exact) mass is 344 g/mol. The Bertz CT molecular complexity index is 907. The predicted molar refractivity (Wildman–Crippen MR) is 88.1 cm³/mol. The Hall–Kier alpha value is -2.71. The molecule has 0 radical (unpaired) electrons. The Morgan fingerprint density at radius 3 is 2.58 bits per heavy atom. The number of aromatic nitrogens is 3. The van der Waals surface area contributed by atoms with Crippen LogP contribution >= 0.6 is 0 Å². The van der Waals surface area contributed by atoms with E-state index in [1.54, 1.807) is 12.1 Å². The number of hydrogen-bond donors (Lipinski definition) is 2. The van der Waals surface area contributed by atoms with Gasteiger partial charge in [0.05, 0.1) is 6.20 Å². The minimum absolute atomic E-state index is 0.0806. The first-order valence-electron chi connectivity index (χ1n) is 7.22. The number of para-hydroxylation sites is 1. The van der Waals surface area contributed by atoms with E-state index < -0.39 is 10.0 Å². The molecule has 0 saturated heterocycles. The molecule has 3 aromatic rings. The van der Waals surface area contributed by atoms with Crippen LogP contribution in [-0.4, -0.2) is 23.8 Å². The van der Waals surface area contributed by atoms with Gasteiger partial charge in [-0.1, -0.05) is 35.9 Å². The Kier molecular flexibility index (Phi) is 4.59. The van der Waals surface area contributed by atoms with E-state index in [-0.39, 0.29) is 11.6 Å². The van der Waals surface area contributed by atoms with Crippen LogP contribution in [0.1, 0.15) is 11.1 Å². The highest BCUT2D eigenvalue weighted by Gasteiger charge is 2.17. The maximum absolute atomic E-state index is 12.1. The zero-order chi connectivity index (χ0) is 17.0. The Morgan fingerprint density at radius 2 is 1.88 bits per heavy atom. The lowest BCUT2D eigenvalue weighted by Gasteiger charge is -2.12. The molecular weight excluding hydrogens is 328 g/mol. The predicted octanol–water partition coefficient (Wildman–Crippen LogP) is 2.38. The van der Waals surface area contributed by atoms with Crippen LogP contribution in [0.2, 0.25) is 0 Å². The highest BCUT2D eigenvalue weighted by Crippen LogP contribution is 2.25. The lowest BCUT2D eigenvalue weighted by Crippen LogP contribution is -2.23. The minimum Gasteiger partial charge on any atom is -0.457 e. The fourth-order valence-electron chi connectivity index (χ4n) is 2.05. The second-order valence-corrected chi connectivity index (χ2v) is 6.87. The maximum atomic E-state index is 12.1. The van der Waals surface area contributed by atoms with Gasteiger partial charge < -0.3 is 4.74 Å². The number of hydrogen-bond acceptors (Lipinski definition) is 5. The van der Waals surface area contributed by atoms with Gasteiger partial charge >= 0.3 is 0 Å². The van der Waals surface area contributed by atoms with Gasteiger partial charge in [-0.3, -0.25) is 0 Å². The highest BCUT2D eigenvalue weighted by atomic mass is 32.2. The molecule has 0 unspecified atom stereocenters. The van der Waals surface area contributed by atoms with Crippen molar-refractivity contribution in [1.82, 2.24) is 20.1 Å². The first kappa shape index (κ1) is 16.2. The van der Waals surface area contributed by atoms with E-state index in [1.807, 2.05) is 43.3 Å². The number of sulfonamides is 1. The fraction of sp³-hybridized carbons (Fsp3) is 0.125. The van der Waals surface area contributed by atoms with Crippen molar-refractivity contribution in [3.05, 3.63) is 65.9 Å². The lowest BCUT2D eigenvalue weighted by molar-refractivity contribution is 0.475. The van der Waals surface area contributed by atoms with Crippen LogP contribution in [0.5, 0.6) is 11.5 Å². The summed E-state index contributed by atoms with van der Waals surface area (Å²) in [6, 6.07) is 14.9. The van der Waals surface area contributed by atoms with Crippen molar-refractivity contribution in [1.29, 1.82) is 0 Å². The highest BCUT2D eigenvalue weighted by molar-refractivity contribution is 7.89. The van der Waals surface area contributed by atoms with Gasteiger partial charge in [0.1, 0.15) is 11.5 Å². The van der Waals surface area contributed by atoms with Crippen molar-refractivity contribution in [2.45, 2.75) is 18.5 Å². The van der Waals surface area contributed by atoms with E-state index >= 15 is 0 Å². The van der Waals surface area contributed by atoms with Gasteiger partial charge in [-0.15, -0.1) is 5.10 Å². The third kappa shape index (κ3) is 3.79. The summed E-state index contributed by atoms with van der Waals surface area (Å²) < 4.78 is 32.5. The zero-order valence-corrected chi connectivity index (χ0v) is 13.7. The first-order chi connectivity index (χ1) is 11.5. The van der Waals surface area contributed by atoms with Crippen molar-refractivity contribution >= 4 is 10.0 Å². The molecular formula is C16H16N4O3S. The quantitative estimate of drug-likeness (QED) is 0.715. The summed E-state index contributed by atoms with van der Waals surface area (Å²) in [4.78, 5) is 0. The first-order valence-corrected chi connectivity index (χ1v) is 8.71. The molecule has 7 nitrogen and oxygen atoms in total. The second-order valence-electron chi connectivity index (χ2n) is 5.16. The molecule has 1 aromatic heterocycles. The second kappa shape index (κ2) is 6.81. The Morgan fingerprint density at radius 1 is 1.12 bits per heavy atom. The number of aromatic amines is 1. The molecule has 24 heavy (non-hydrogen) atoms. The van der Waals surface area contributed by atoms with Gasteiger partial charge in [0.15, 0.2) is 0 Å². The molecule has 1 heterocycles. The van der Waals surface area contributed by atoms with Crippen LogP contribution in [0.3, 0.4) is 0 Å². The number of H-pyrrole nitrogens is 1. The SMILES string of the molecule is Cc1ccc(Oc2ccccc2CNS(=O)(=O)c2cn[nH]n2)cc1. The third-order valence-corrected chi connectivity index (χ3v) is 4.61. The average Bonchev–Trinajstić information content (AvgIpc) is 3.12. The molecule has 3 rings (SSSR count). The van der Waals surface area contributed by atoms with Crippen LogP contribution in [0, 0.1) is 6.92 Å².